The van der Waals surface area contributed by atoms with E-state index in [0.717, 1.165) is 6.42 Å². The maximum atomic E-state index is 3.57. The topological polar surface area (TPSA) is 0 Å². The Hall–Kier alpha value is 0.390. The first kappa shape index (κ1) is 9.93. The number of hydrogen-bond acceptors (Lipinski definition) is 1. The Morgan fingerprint density at radius 2 is 2.23 bits per heavy atom. The molecule has 1 aromatic carbocycles. The summed E-state index contributed by atoms with van der Waals surface area (Å²) in [5.41, 5.74) is 1.42. The highest BCUT2D eigenvalue weighted by Gasteiger charge is 2.06. The molecule has 3 heteroatoms. The molecule has 1 aromatic heterocycles. The first-order chi connectivity index (χ1) is 6.22. The summed E-state index contributed by atoms with van der Waals surface area (Å²) in [5, 5.41) is 3.52. The van der Waals surface area contributed by atoms with Gasteiger partial charge >= 0.3 is 0 Å². The Labute approximate surface area is 104 Å². The highest BCUT2D eigenvalue weighted by atomic mass is 127. The first-order valence-electron chi connectivity index (χ1n) is 4.07. The maximum Gasteiger partial charge on any atom is 0.0371 e. The van der Waals surface area contributed by atoms with Crippen molar-refractivity contribution in [1.82, 2.24) is 0 Å². The van der Waals surface area contributed by atoms with E-state index in [9.17, 15) is 0 Å². The maximum absolute atomic E-state index is 3.57. The van der Waals surface area contributed by atoms with Crippen molar-refractivity contribution in [2.24, 2.45) is 0 Å². The smallest absolute Gasteiger partial charge is 0.0371 e. The Morgan fingerprint density at radius 3 is 2.92 bits per heavy atom. The number of benzene rings is 1. The lowest BCUT2D eigenvalue weighted by Gasteiger charge is -2.00. The Bertz CT molecular complexity index is 447. The van der Waals surface area contributed by atoms with Crippen molar-refractivity contribution in [2.45, 2.75) is 13.3 Å². The monoisotopic (exact) mass is 366 g/mol. The number of thiophene rings is 1. The van der Waals surface area contributed by atoms with Crippen LogP contribution in [0.5, 0.6) is 0 Å². The van der Waals surface area contributed by atoms with Gasteiger partial charge in [-0.3, -0.25) is 0 Å². The first-order valence-corrected chi connectivity index (χ1v) is 6.82. The van der Waals surface area contributed by atoms with Gasteiger partial charge in [-0.05, 0) is 62.6 Å². The Kier molecular flexibility index (Phi) is 2.95. The van der Waals surface area contributed by atoms with E-state index in [-0.39, 0.29) is 0 Å². The highest BCUT2D eigenvalue weighted by molar-refractivity contribution is 14.1. The molecular weight excluding hydrogens is 359 g/mol. The van der Waals surface area contributed by atoms with Crippen molar-refractivity contribution < 1.29 is 0 Å². The Morgan fingerprint density at radius 1 is 1.46 bits per heavy atom. The summed E-state index contributed by atoms with van der Waals surface area (Å²) in [6, 6.07) is 4.55. The fraction of sp³-hybridized carbons (Fsp3) is 0.200. The van der Waals surface area contributed by atoms with Crippen LogP contribution in [0, 0.1) is 3.57 Å². The van der Waals surface area contributed by atoms with E-state index >= 15 is 0 Å². The van der Waals surface area contributed by atoms with Crippen molar-refractivity contribution in [2.75, 3.05) is 0 Å². The summed E-state index contributed by atoms with van der Waals surface area (Å²) in [5.74, 6) is 0. The van der Waals surface area contributed by atoms with Crippen LogP contribution in [0.1, 0.15) is 12.5 Å². The minimum absolute atomic E-state index is 1.11. The molecule has 0 spiro atoms. The van der Waals surface area contributed by atoms with Crippen LogP contribution in [0.2, 0.25) is 0 Å². The van der Waals surface area contributed by atoms with Gasteiger partial charge in [-0.25, -0.2) is 0 Å². The quantitative estimate of drug-likeness (QED) is 0.634. The molecule has 0 N–H and O–H groups in total. The standard InChI is InChI=1S/C10H8BrIS/c1-2-6-3-8(12)10-7(11)5-13-9(10)4-6/h3-5H,2H2,1H3. The van der Waals surface area contributed by atoms with E-state index in [1.165, 1.54) is 23.7 Å². The molecule has 0 aliphatic carbocycles. The molecular formula is C10H8BrIS. The molecule has 13 heavy (non-hydrogen) atoms. The van der Waals surface area contributed by atoms with Gasteiger partial charge in [-0.2, -0.15) is 0 Å². The molecule has 0 atom stereocenters. The van der Waals surface area contributed by atoms with Crippen LogP contribution >= 0.6 is 49.9 Å². The molecule has 0 saturated carbocycles. The summed E-state index contributed by atoms with van der Waals surface area (Å²) < 4.78 is 3.95. The van der Waals surface area contributed by atoms with Gasteiger partial charge in [-0.15, -0.1) is 11.3 Å². The van der Waals surface area contributed by atoms with Crippen LogP contribution < -0.4 is 0 Å². The Balaban J connectivity index is 2.79. The van der Waals surface area contributed by atoms with Gasteiger partial charge in [0.2, 0.25) is 0 Å². The van der Waals surface area contributed by atoms with Crippen molar-refractivity contribution in [1.29, 1.82) is 0 Å². The molecule has 2 rings (SSSR count). The summed E-state index contributed by atoms with van der Waals surface area (Å²) in [4.78, 5) is 0. The van der Waals surface area contributed by atoms with E-state index < -0.39 is 0 Å². The SMILES string of the molecule is CCc1cc(I)c2c(Br)csc2c1. The molecule has 0 aliphatic rings. The van der Waals surface area contributed by atoms with Crippen molar-refractivity contribution in [3.05, 3.63) is 31.1 Å². The zero-order valence-corrected chi connectivity index (χ0v) is 11.7. The summed E-state index contributed by atoms with van der Waals surface area (Å²) in [6.45, 7) is 2.19. The number of aryl methyl sites for hydroxylation is 1. The van der Waals surface area contributed by atoms with Crippen LogP contribution in [0.25, 0.3) is 10.1 Å². The number of fused-ring (bicyclic) bond motifs is 1. The molecule has 0 bridgehead atoms. The lowest BCUT2D eigenvalue weighted by molar-refractivity contribution is 1.14. The van der Waals surface area contributed by atoms with Crippen LogP contribution in [-0.4, -0.2) is 0 Å². The lowest BCUT2D eigenvalue weighted by atomic mass is 10.1. The van der Waals surface area contributed by atoms with Gasteiger partial charge in [0, 0.05) is 23.5 Å². The van der Waals surface area contributed by atoms with Crippen LogP contribution in [0.15, 0.2) is 22.0 Å². The third kappa shape index (κ3) is 1.78. The molecule has 0 aliphatic heterocycles. The fourth-order valence-electron chi connectivity index (χ4n) is 1.34. The van der Waals surface area contributed by atoms with Gasteiger partial charge in [-0.1, -0.05) is 6.92 Å². The highest BCUT2D eigenvalue weighted by Crippen LogP contribution is 2.34. The summed E-state index contributed by atoms with van der Waals surface area (Å²) in [6.07, 6.45) is 1.11. The zero-order chi connectivity index (χ0) is 9.42. The van der Waals surface area contributed by atoms with Gasteiger partial charge in [0.05, 0.1) is 0 Å². The van der Waals surface area contributed by atoms with E-state index in [2.05, 4.69) is 63.0 Å². The second-order valence-electron chi connectivity index (χ2n) is 2.89. The molecule has 0 nitrogen and oxygen atoms in total. The molecule has 1 heterocycles. The molecule has 0 fully saturated rings. The third-order valence-electron chi connectivity index (χ3n) is 2.05. The average Bonchev–Trinajstić information content (AvgIpc) is 2.48. The fourth-order valence-corrected chi connectivity index (χ4v) is 4.62. The third-order valence-corrected chi connectivity index (χ3v) is 4.76. The largest absolute Gasteiger partial charge is 0.143 e. The van der Waals surface area contributed by atoms with E-state index in [1.807, 2.05) is 0 Å². The lowest BCUT2D eigenvalue weighted by Crippen LogP contribution is -1.81. The predicted molar refractivity (Wildman–Crippen MR) is 71.6 cm³/mol. The van der Waals surface area contributed by atoms with E-state index in [1.54, 1.807) is 11.3 Å². The predicted octanol–water partition coefficient (Wildman–Crippen LogP) is 4.83. The van der Waals surface area contributed by atoms with Crippen LogP contribution in [0.4, 0.5) is 0 Å². The summed E-state index contributed by atoms with van der Waals surface area (Å²) in [7, 11) is 0. The van der Waals surface area contributed by atoms with Crippen molar-refractivity contribution in [3.63, 3.8) is 0 Å². The van der Waals surface area contributed by atoms with Gasteiger partial charge < -0.3 is 0 Å². The van der Waals surface area contributed by atoms with E-state index in [4.69, 9.17) is 0 Å². The molecule has 0 amide bonds. The van der Waals surface area contributed by atoms with Crippen molar-refractivity contribution in [3.8, 4) is 0 Å². The molecule has 0 unspecified atom stereocenters. The van der Waals surface area contributed by atoms with Gasteiger partial charge in [0.1, 0.15) is 0 Å². The molecule has 0 saturated heterocycles. The second-order valence-corrected chi connectivity index (χ2v) is 5.82. The minimum Gasteiger partial charge on any atom is -0.143 e. The van der Waals surface area contributed by atoms with E-state index in [0.29, 0.717) is 0 Å². The zero-order valence-electron chi connectivity index (χ0n) is 7.10. The van der Waals surface area contributed by atoms with Crippen LogP contribution in [-0.2, 0) is 6.42 Å². The molecule has 68 valence electrons. The second kappa shape index (κ2) is 3.87. The minimum atomic E-state index is 1.11. The van der Waals surface area contributed by atoms with Crippen LogP contribution in [0.3, 0.4) is 0 Å². The van der Waals surface area contributed by atoms with Gasteiger partial charge in [0.15, 0.2) is 0 Å². The average molecular weight is 367 g/mol. The van der Waals surface area contributed by atoms with Gasteiger partial charge in [0.25, 0.3) is 0 Å². The molecule has 2 aromatic rings. The number of halogens is 2. The normalized spacial score (nSPS) is 11.0. The van der Waals surface area contributed by atoms with Crippen molar-refractivity contribution >= 4 is 59.9 Å². The number of hydrogen-bond donors (Lipinski definition) is 0. The molecule has 0 radical (unpaired) electrons. The number of rotatable bonds is 1. The summed E-state index contributed by atoms with van der Waals surface area (Å²) >= 11 is 7.78.